The Labute approximate surface area is 238 Å². The quantitative estimate of drug-likeness (QED) is 0.410. The van der Waals surface area contributed by atoms with Gasteiger partial charge in [-0.25, -0.2) is 4.98 Å². The summed E-state index contributed by atoms with van der Waals surface area (Å²) in [5, 5.41) is 4.62. The summed E-state index contributed by atoms with van der Waals surface area (Å²) in [6.07, 6.45) is 1.36. The highest BCUT2D eigenvalue weighted by molar-refractivity contribution is 5.90. The molecule has 9 nitrogen and oxygen atoms in total. The molecule has 1 unspecified atom stereocenters. The van der Waals surface area contributed by atoms with Gasteiger partial charge in [0.1, 0.15) is 11.6 Å². The number of ether oxygens (including phenoxy) is 3. The van der Waals surface area contributed by atoms with E-state index < -0.39 is 0 Å². The van der Waals surface area contributed by atoms with E-state index in [4.69, 9.17) is 29.2 Å². The number of benzene rings is 1. The molecule has 9 heteroatoms. The van der Waals surface area contributed by atoms with Gasteiger partial charge in [0.15, 0.2) is 5.65 Å². The van der Waals surface area contributed by atoms with Crippen molar-refractivity contribution in [3.63, 3.8) is 0 Å². The molecule has 2 aromatic heterocycles. The van der Waals surface area contributed by atoms with Gasteiger partial charge >= 0.3 is 0 Å². The van der Waals surface area contributed by atoms with Crippen LogP contribution in [0.15, 0.2) is 30.3 Å². The summed E-state index contributed by atoms with van der Waals surface area (Å²) in [5.74, 6) is 3.16. The summed E-state index contributed by atoms with van der Waals surface area (Å²) in [5.41, 5.74) is 3.74. The van der Waals surface area contributed by atoms with Gasteiger partial charge in [0.05, 0.1) is 43.6 Å². The molecule has 0 radical (unpaired) electrons. The zero-order valence-electron chi connectivity index (χ0n) is 24.8. The van der Waals surface area contributed by atoms with E-state index in [0.29, 0.717) is 36.8 Å². The molecule has 1 N–H and O–H groups in total. The third-order valence-electron chi connectivity index (χ3n) is 7.58. The summed E-state index contributed by atoms with van der Waals surface area (Å²) < 4.78 is 17.3. The minimum atomic E-state index is 0.115. The summed E-state index contributed by atoms with van der Waals surface area (Å²) in [7, 11) is 1.73. The van der Waals surface area contributed by atoms with Crippen molar-refractivity contribution in [3.05, 3.63) is 35.9 Å². The van der Waals surface area contributed by atoms with Crippen LogP contribution in [-0.4, -0.2) is 79.7 Å². The van der Waals surface area contributed by atoms with Crippen LogP contribution in [0, 0.1) is 5.92 Å². The Bertz CT molecular complexity index is 1290. The lowest BCUT2D eigenvalue weighted by molar-refractivity contribution is -0.00570. The SMILES string of the molecule is COc1ccc(-c2ccc3c(N4CCOCC4)nc(N4C[C@@H](C)O[C@@H](C)C4)nc3n2)cc1CNC(C)CC(C)C. The monoisotopic (exact) mass is 548 g/mol. The summed E-state index contributed by atoms with van der Waals surface area (Å²) in [6, 6.07) is 10.9. The summed E-state index contributed by atoms with van der Waals surface area (Å²) in [6.45, 7) is 16.2. The van der Waals surface area contributed by atoms with Crippen LogP contribution in [-0.2, 0) is 16.0 Å². The molecule has 2 aliphatic heterocycles. The van der Waals surface area contributed by atoms with Gasteiger partial charge in [-0.15, -0.1) is 0 Å². The maximum atomic E-state index is 5.98. The van der Waals surface area contributed by atoms with Crippen LogP contribution in [0.2, 0.25) is 0 Å². The molecular formula is C31H44N6O3. The lowest BCUT2D eigenvalue weighted by Gasteiger charge is -2.36. The van der Waals surface area contributed by atoms with E-state index in [0.717, 1.165) is 72.9 Å². The molecule has 3 atom stereocenters. The topological polar surface area (TPSA) is 84.9 Å². The van der Waals surface area contributed by atoms with Gasteiger partial charge in [0, 0.05) is 49.9 Å². The third kappa shape index (κ3) is 6.65. The fourth-order valence-corrected chi connectivity index (χ4v) is 5.79. The lowest BCUT2D eigenvalue weighted by atomic mass is 10.0. The predicted molar refractivity (Wildman–Crippen MR) is 160 cm³/mol. The number of pyridine rings is 1. The molecule has 5 rings (SSSR count). The van der Waals surface area contributed by atoms with Crippen LogP contribution in [0.25, 0.3) is 22.3 Å². The van der Waals surface area contributed by atoms with E-state index in [1.54, 1.807) is 7.11 Å². The van der Waals surface area contributed by atoms with Crippen molar-refractivity contribution < 1.29 is 14.2 Å². The molecule has 4 heterocycles. The van der Waals surface area contributed by atoms with Crippen molar-refractivity contribution in [2.75, 3.05) is 56.3 Å². The van der Waals surface area contributed by atoms with Gasteiger partial charge in [-0.1, -0.05) is 13.8 Å². The average molecular weight is 549 g/mol. The Morgan fingerprint density at radius 1 is 0.975 bits per heavy atom. The molecule has 2 fully saturated rings. The fraction of sp³-hybridized carbons (Fsp3) is 0.581. The van der Waals surface area contributed by atoms with E-state index in [2.05, 4.69) is 74.0 Å². The molecule has 216 valence electrons. The zero-order valence-corrected chi connectivity index (χ0v) is 24.8. The van der Waals surface area contributed by atoms with Gasteiger partial charge in [-0.2, -0.15) is 9.97 Å². The second-order valence-electron chi connectivity index (χ2n) is 11.6. The maximum Gasteiger partial charge on any atom is 0.229 e. The molecule has 0 saturated carbocycles. The van der Waals surface area contributed by atoms with Crippen molar-refractivity contribution in [3.8, 4) is 17.0 Å². The Balaban J connectivity index is 1.51. The first-order valence-corrected chi connectivity index (χ1v) is 14.6. The Morgan fingerprint density at radius 3 is 2.42 bits per heavy atom. The molecule has 40 heavy (non-hydrogen) atoms. The minimum Gasteiger partial charge on any atom is -0.496 e. The van der Waals surface area contributed by atoms with Crippen LogP contribution in [0.5, 0.6) is 5.75 Å². The number of methoxy groups -OCH3 is 1. The van der Waals surface area contributed by atoms with Crippen molar-refractivity contribution in [1.29, 1.82) is 0 Å². The number of nitrogens with one attached hydrogen (secondary N) is 1. The molecule has 0 spiro atoms. The van der Waals surface area contributed by atoms with E-state index in [1.165, 1.54) is 0 Å². The normalized spacial score (nSPS) is 20.8. The molecule has 0 amide bonds. The van der Waals surface area contributed by atoms with Crippen LogP contribution >= 0.6 is 0 Å². The van der Waals surface area contributed by atoms with Crippen molar-refractivity contribution >= 4 is 22.8 Å². The number of nitrogens with zero attached hydrogens (tertiary/aromatic N) is 5. The van der Waals surface area contributed by atoms with Crippen LogP contribution in [0.1, 0.15) is 46.6 Å². The molecule has 2 saturated heterocycles. The first kappa shape index (κ1) is 28.5. The Hall–Kier alpha value is -3.01. The van der Waals surface area contributed by atoms with Gasteiger partial charge in [0.25, 0.3) is 0 Å². The van der Waals surface area contributed by atoms with Crippen molar-refractivity contribution in [2.24, 2.45) is 5.92 Å². The number of rotatable bonds is 9. The average Bonchev–Trinajstić information content (AvgIpc) is 2.94. The second-order valence-corrected chi connectivity index (χ2v) is 11.6. The number of hydrogen-bond donors (Lipinski definition) is 1. The Kier molecular flexibility index (Phi) is 9.03. The lowest BCUT2D eigenvalue weighted by Crippen LogP contribution is -2.46. The number of morpholine rings is 2. The molecule has 0 bridgehead atoms. The first-order chi connectivity index (χ1) is 19.3. The van der Waals surface area contributed by atoms with Crippen LogP contribution < -0.4 is 19.9 Å². The van der Waals surface area contributed by atoms with Crippen LogP contribution in [0.3, 0.4) is 0 Å². The molecular weight excluding hydrogens is 504 g/mol. The van der Waals surface area contributed by atoms with E-state index in [-0.39, 0.29) is 12.2 Å². The minimum absolute atomic E-state index is 0.115. The van der Waals surface area contributed by atoms with Crippen molar-refractivity contribution in [2.45, 2.75) is 65.8 Å². The maximum absolute atomic E-state index is 5.98. The van der Waals surface area contributed by atoms with Gasteiger partial charge in [0.2, 0.25) is 5.95 Å². The second kappa shape index (κ2) is 12.7. The summed E-state index contributed by atoms with van der Waals surface area (Å²) >= 11 is 0. The van der Waals surface area contributed by atoms with E-state index in [9.17, 15) is 0 Å². The number of fused-ring (bicyclic) bond motifs is 1. The smallest absolute Gasteiger partial charge is 0.229 e. The number of aromatic nitrogens is 3. The Morgan fingerprint density at radius 2 is 1.73 bits per heavy atom. The van der Waals surface area contributed by atoms with Gasteiger partial charge < -0.3 is 29.3 Å². The highest BCUT2D eigenvalue weighted by Crippen LogP contribution is 2.31. The zero-order chi connectivity index (χ0) is 28.2. The predicted octanol–water partition coefficient (Wildman–Crippen LogP) is 4.67. The standard InChI is InChI=1S/C31H44N6O3/c1-20(2)15-21(3)32-17-25-16-24(7-10-28(25)38-6)27-9-8-26-29(33-27)34-31(37-18-22(4)40-23(5)19-37)35-30(26)36-11-13-39-14-12-36/h7-10,16,20-23,32H,11-15,17-19H2,1-6H3/t21?,22-,23+. The van der Waals surface area contributed by atoms with Gasteiger partial charge in [-0.3, -0.25) is 0 Å². The molecule has 0 aliphatic carbocycles. The highest BCUT2D eigenvalue weighted by Gasteiger charge is 2.27. The third-order valence-corrected chi connectivity index (χ3v) is 7.58. The summed E-state index contributed by atoms with van der Waals surface area (Å²) in [4.78, 5) is 19.7. The number of anilines is 2. The van der Waals surface area contributed by atoms with Crippen molar-refractivity contribution in [1.82, 2.24) is 20.3 Å². The largest absolute Gasteiger partial charge is 0.496 e. The molecule has 2 aliphatic rings. The van der Waals surface area contributed by atoms with Gasteiger partial charge in [-0.05, 0) is 63.4 Å². The van der Waals surface area contributed by atoms with E-state index in [1.807, 2.05) is 6.07 Å². The van der Waals surface area contributed by atoms with Crippen LogP contribution in [0.4, 0.5) is 11.8 Å². The fourth-order valence-electron chi connectivity index (χ4n) is 5.79. The highest BCUT2D eigenvalue weighted by atomic mass is 16.5. The van der Waals surface area contributed by atoms with E-state index >= 15 is 0 Å². The molecule has 1 aromatic carbocycles. The molecule has 3 aromatic rings. The first-order valence-electron chi connectivity index (χ1n) is 14.6. The number of hydrogen-bond acceptors (Lipinski definition) is 9.